The first kappa shape index (κ1) is 11.4. The summed E-state index contributed by atoms with van der Waals surface area (Å²) in [5, 5.41) is 11.9. The zero-order chi connectivity index (χ0) is 11.1. The summed E-state index contributed by atoms with van der Waals surface area (Å²) in [5.41, 5.74) is 0.312. The van der Waals surface area contributed by atoms with Gasteiger partial charge in [-0.1, -0.05) is 6.92 Å². The predicted octanol–water partition coefficient (Wildman–Crippen LogP) is 1.19. The van der Waals surface area contributed by atoms with Gasteiger partial charge in [0.1, 0.15) is 6.07 Å². The molecule has 0 radical (unpaired) electrons. The summed E-state index contributed by atoms with van der Waals surface area (Å²) < 4.78 is 5.05. The van der Waals surface area contributed by atoms with Crippen LogP contribution in [-0.2, 0) is 4.74 Å². The molecule has 1 unspecified atom stereocenters. The molecule has 0 saturated heterocycles. The highest BCUT2D eigenvalue weighted by atomic mass is 16.5. The van der Waals surface area contributed by atoms with Crippen molar-refractivity contribution in [3.8, 4) is 6.07 Å². The van der Waals surface area contributed by atoms with E-state index in [1.54, 1.807) is 13.3 Å². The number of rotatable bonds is 5. The molecule has 1 atom stereocenters. The lowest BCUT2D eigenvalue weighted by Crippen LogP contribution is -2.25. The molecule has 80 valence electrons. The molecule has 1 aromatic heterocycles. The van der Waals surface area contributed by atoms with Gasteiger partial charge in [-0.2, -0.15) is 5.26 Å². The average Bonchev–Trinajstić information content (AvgIpc) is 2.29. The summed E-state index contributed by atoms with van der Waals surface area (Å²) >= 11 is 0. The van der Waals surface area contributed by atoms with E-state index >= 15 is 0 Å². The maximum atomic E-state index is 8.81. The number of aromatic nitrogens is 2. The Morgan fingerprint density at radius 1 is 1.53 bits per heavy atom. The van der Waals surface area contributed by atoms with Crippen LogP contribution in [-0.4, -0.2) is 29.7 Å². The van der Waals surface area contributed by atoms with Gasteiger partial charge < -0.3 is 10.1 Å². The molecule has 5 heteroatoms. The van der Waals surface area contributed by atoms with E-state index in [4.69, 9.17) is 10.00 Å². The van der Waals surface area contributed by atoms with Gasteiger partial charge in [0.25, 0.3) is 0 Å². The highest BCUT2D eigenvalue weighted by Gasteiger charge is 2.09. The predicted molar refractivity (Wildman–Crippen MR) is 56.3 cm³/mol. The van der Waals surface area contributed by atoms with E-state index in [1.165, 1.54) is 6.20 Å². The summed E-state index contributed by atoms with van der Waals surface area (Å²) in [6.07, 6.45) is 3.96. The van der Waals surface area contributed by atoms with Crippen LogP contribution in [0.1, 0.15) is 19.0 Å². The molecule has 15 heavy (non-hydrogen) atoms. The van der Waals surface area contributed by atoms with Gasteiger partial charge in [-0.05, 0) is 6.42 Å². The lowest BCUT2D eigenvalue weighted by atomic mass is 10.2. The smallest absolute Gasteiger partial charge is 0.182 e. The number of ether oxygens (including phenoxy) is 1. The molecular formula is C10H14N4O. The second-order valence-corrected chi connectivity index (χ2v) is 3.07. The Labute approximate surface area is 89.1 Å². The van der Waals surface area contributed by atoms with Gasteiger partial charge in [0, 0.05) is 19.5 Å². The van der Waals surface area contributed by atoms with Crippen molar-refractivity contribution in [2.75, 3.05) is 19.0 Å². The van der Waals surface area contributed by atoms with Crippen LogP contribution in [0.3, 0.4) is 0 Å². The van der Waals surface area contributed by atoms with E-state index < -0.39 is 0 Å². The van der Waals surface area contributed by atoms with Gasteiger partial charge in [0.15, 0.2) is 11.5 Å². The highest BCUT2D eigenvalue weighted by molar-refractivity contribution is 5.47. The Hall–Kier alpha value is -1.67. The Kier molecular flexibility index (Phi) is 4.51. The fraction of sp³-hybridized carbons (Fsp3) is 0.500. The van der Waals surface area contributed by atoms with Crippen molar-refractivity contribution in [1.82, 2.24) is 9.97 Å². The van der Waals surface area contributed by atoms with Crippen molar-refractivity contribution < 1.29 is 4.74 Å². The number of methoxy groups -OCH3 is 1. The minimum atomic E-state index is 0.152. The molecule has 0 aliphatic carbocycles. The first-order valence-corrected chi connectivity index (χ1v) is 4.78. The van der Waals surface area contributed by atoms with E-state index in [2.05, 4.69) is 15.3 Å². The SMILES string of the molecule is CCC(COC)Nc1nccnc1C#N. The van der Waals surface area contributed by atoms with Crippen molar-refractivity contribution in [3.63, 3.8) is 0 Å². The minimum absolute atomic E-state index is 0.152. The normalized spacial score (nSPS) is 11.8. The van der Waals surface area contributed by atoms with Crippen LogP contribution in [0.4, 0.5) is 5.82 Å². The van der Waals surface area contributed by atoms with Gasteiger partial charge in [-0.25, -0.2) is 9.97 Å². The van der Waals surface area contributed by atoms with E-state index in [0.29, 0.717) is 18.1 Å². The zero-order valence-electron chi connectivity index (χ0n) is 8.90. The van der Waals surface area contributed by atoms with Crippen molar-refractivity contribution >= 4 is 5.82 Å². The van der Waals surface area contributed by atoms with Crippen molar-refractivity contribution in [2.45, 2.75) is 19.4 Å². The Balaban J connectivity index is 2.74. The standard InChI is InChI=1S/C10H14N4O/c1-3-8(7-15-2)14-10-9(6-11)12-4-5-13-10/h4-5,8H,3,7H2,1-2H3,(H,13,14). The second kappa shape index (κ2) is 5.94. The molecule has 1 heterocycles. The monoisotopic (exact) mass is 206 g/mol. The van der Waals surface area contributed by atoms with Crippen LogP contribution in [0, 0.1) is 11.3 Å². The molecule has 0 amide bonds. The second-order valence-electron chi connectivity index (χ2n) is 3.07. The molecule has 0 aliphatic rings. The maximum absolute atomic E-state index is 8.81. The van der Waals surface area contributed by atoms with Crippen LogP contribution in [0.25, 0.3) is 0 Å². The quantitative estimate of drug-likeness (QED) is 0.783. The number of nitrogens with one attached hydrogen (secondary N) is 1. The Morgan fingerprint density at radius 3 is 2.87 bits per heavy atom. The lowest BCUT2D eigenvalue weighted by molar-refractivity contribution is 0.184. The molecule has 0 spiro atoms. The number of hydrogen-bond donors (Lipinski definition) is 1. The molecule has 1 N–H and O–H groups in total. The first-order chi connectivity index (χ1) is 7.31. The molecule has 0 saturated carbocycles. The van der Waals surface area contributed by atoms with Gasteiger partial charge >= 0.3 is 0 Å². The zero-order valence-corrected chi connectivity index (χ0v) is 8.90. The van der Waals surface area contributed by atoms with Crippen LogP contribution in [0.15, 0.2) is 12.4 Å². The van der Waals surface area contributed by atoms with Crippen molar-refractivity contribution in [1.29, 1.82) is 5.26 Å². The van der Waals surface area contributed by atoms with Gasteiger partial charge in [-0.3, -0.25) is 0 Å². The number of nitriles is 1. The molecule has 1 rings (SSSR count). The summed E-state index contributed by atoms with van der Waals surface area (Å²) in [5.74, 6) is 0.518. The third-order valence-corrected chi connectivity index (χ3v) is 2.01. The molecule has 1 aromatic rings. The molecule has 0 aliphatic heterocycles. The van der Waals surface area contributed by atoms with Crippen molar-refractivity contribution in [2.24, 2.45) is 0 Å². The van der Waals surface area contributed by atoms with E-state index in [9.17, 15) is 0 Å². The average molecular weight is 206 g/mol. The van der Waals surface area contributed by atoms with E-state index in [-0.39, 0.29) is 6.04 Å². The van der Waals surface area contributed by atoms with Crippen LogP contribution >= 0.6 is 0 Å². The summed E-state index contributed by atoms with van der Waals surface area (Å²) in [6.45, 7) is 2.62. The summed E-state index contributed by atoms with van der Waals surface area (Å²) in [7, 11) is 1.65. The number of hydrogen-bond acceptors (Lipinski definition) is 5. The fourth-order valence-corrected chi connectivity index (χ4v) is 1.18. The summed E-state index contributed by atoms with van der Waals surface area (Å²) in [6, 6.07) is 2.14. The Morgan fingerprint density at radius 2 is 2.27 bits per heavy atom. The topological polar surface area (TPSA) is 70.8 Å². The first-order valence-electron chi connectivity index (χ1n) is 4.78. The van der Waals surface area contributed by atoms with E-state index in [0.717, 1.165) is 6.42 Å². The molecule has 0 fully saturated rings. The fourth-order valence-electron chi connectivity index (χ4n) is 1.18. The number of anilines is 1. The van der Waals surface area contributed by atoms with Gasteiger partial charge in [-0.15, -0.1) is 0 Å². The van der Waals surface area contributed by atoms with E-state index in [1.807, 2.05) is 13.0 Å². The van der Waals surface area contributed by atoms with Crippen molar-refractivity contribution in [3.05, 3.63) is 18.1 Å². The van der Waals surface area contributed by atoms with Gasteiger partial charge in [0.05, 0.1) is 12.6 Å². The largest absolute Gasteiger partial charge is 0.383 e. The minimum Gasteiger partial charge on any atom is -0.383 e. The Bertz CT molecular complexity index is 348. The third-order valence-electron chi connectivity index (χ3n) is 2.01. The molecule has 5 nitrogen and oxygen atoms in total. The maximum Gasteiger partial charge on any atom is 0.182 e. The molecular weight excluding hydrogens is 192 g/mol. The number of nitrogens with zero attached hydrogens (tertiary/aromatic N) is 3. The molecule has 0 bridgehead atoms. The summed E-state index contributed by atoms with van der Waals surface area (Å²) in [4.78, 5) is 7.99. The lowest BCUT2D eigenvalue weighted by Gasteiger charge is -2.16. The van der Waals surface area contributed by atoms with Crippen LogP contribution in [0.5, 0.6) is 0 Å². The van der Waals surface area contributed by atoms with Gasteiger partial charge in [0.2, 0.25) is 0 Å². The third kappa shape index (κ3) is 3.18. The molecule has 0 aromatic carbocycles. The highest BCUT2D eigenvalue weighted by Crippen LogP contribution is 2.09. The van der Waals surface area contributed by atoms with Crippen LogP contribution in [0.2, 0.25) is 0 Å². The van der Waals surface area contributed by atoms with Crippen LogP contribution < -0.4 is 5.32 Å².